The fraction of sp³-hybridized carbons (Fsp3) is 0.400. The van der Waals surface area contributed by atoms with Gasteiger partial charge in [0.05, 0.1) is 18.1 Å². The van der Waals surface area contributed by atoms with E-state index in [1.165, 1.54) is 12.5 Å². The van der Waals surface area contributed by atoms with Gasteiger partial charge in [0, 0.05) is 12.6 Å². The molecule has 0 spiro atoms. The van der Waals surface area contributed by atoms with Crippen molar-refractivity contribution in [3.05, 3.63) is 54.1 Å². The van der Waals surface area contributed by atoms with E-state index in [1.807, 2.05) is 19.9 Å². The summed E-state index contributed by atoms with van der Waals surface area (Å²) in [7, 11) is 0. The number of carboxylic acid groups (broad SMARTS) is 1. The van der Waals surface area contributed by atoms with Crippen molar-refractivity contribution in [1.29, 1.82) is 0 Å². The zero-order chi connectivity index (χ0) is 21.4. The van der Waals surface area contributed by atoms with Gasteiger partial charge in [0.1, 0.15) is 12.6 Å². The van der Waals surface area contributed by atoms with Crippen LogP contribution in [-0.4, -0.2) is 50.0 Å². The highest BCUT2D eigenvalue weighted by Crippen LogP contribution is 2.15. The SMILES string of the molecule is CC(C)CC(N)C(=O)N(C(=O)OCc1ccccc1)C(Cc1c[nH]cn1)C(=O)O. The van der Waals surface area contributed by atoms with Crippen molar-refractivity contribution in [2.75, 3.05) is 0 Å². The van der Waals surface area contributed by atoms with Crippen LogP contribution in [0.25, 0.3) is 0 Å². The normalized spacial score (nSPS) is 13.0. The molecule has 2 rings (SSSR count). The van der Waals surface area contributed by atoms with E-state index in [2.05, 4.69) is 9.97 Å². The Bertz CT molecular complexity index is 808. The molecule has 9 heteroatoms. The minimum absolute atomic E-state index is 0.0887. The average molecular weight is 402 g/mol. The van der Waals surface area contributed by atoms with Crippen LogP contribution in [0.4, 0.5) is 4.79 Å². The van der Waals surface area contributed by atoms with Gasteiger partial charge in [-0.3, -0.25) is 4.79 Å². The number of benzene rings is 1. The third-order valence-corrected chi connectivity index (χ3v) is 4.24. The molecular weight excluding hydrogens is 376 g/mol. The second-order valence-electron chi connectivity index (χ2n) is 7.10. The van der Waals surface area contributed by atoms with E-state index < -0.39 is 30.1 Å². The summed E-state index contributed by atoms with van der Waals surface area (Å²) in [6.45, 7) is 3.66. The molecule has 2 unspecified atom stereocenters. The Morgan fingerprint density at radius 3 is 2.48 bits per heavy atom. The molecule has 0 aliphatic carbocycles. The van der Waals surface area contributed by atoms with E-state index in [0.29, 0.717) is 22.6 Å². The van der Waals surface area contributed by atoms with Gasteiger partial charge in [-0.25, -0.2) is 19.5 Å². The summed E-state index contributed by atoms with van der Waals surface area (Å²) in [6.07, 6.45) is 1.97. The average Bonchev–Trinajstić information content (AvgIpc) is 3.19. The van der Waals surface area contributed by atoms with Crippen LogP contribution >= 0.6 is 0 Å². The summed E-state index contributed by atoms with van der Waals surface area (Å²) in [6, 6.07) is 6.36. The van der Waals surface area contributed by atoms with Crippen LogP contribution in [0.15, 0.2) is 42.9 Å². The van der Waals surface area contributed by atoms with Gasteiger partial charge in [-0.2, -0.15) is 0 Å². The van der Waals surface area contributed by atoms with Gasteiger partial charge in [-0.1, -0.05) is 44.2 Å². The van der Waals surface area contributed by atoms with Crippen LogP contribution in [0.1, 0.15) is 31.5 Å². The summed E-state index contributed by atoms with van der Waals surface area (Å²) in [5.74, 6) is -2.06. The molecular formula is C20H26N4O5. The number of nitrogens with zero attached hydrogens (tertiary/aromatic N) is 2. The van der Waals surface area contributed by atoms with E-state index in [4.69, 9.17) is 10.5 Å². The molecule has 2 atom stereocenters. The molecule has 1 aromatic heterocycles. The number of carbonyl (C=O) groups is 3. The molecule has 4 N–H and O–H groups in total. The van der Waals surface area contributed by atoms with Gasteiger partial charge in [-0.15, -0.1) is 0 Å². The van der Waals surface area contributed by atoms with Crippen molar-refractivity contribution in [3.63, 3.8) is 0 Å². The van der Waals surface area contributed by atoms with E-state index in [1.54, 1.807) is 24.3 Å². The number of aromatic nitrogens is 2. The predicted molar refractivity (Wildman–Crippen MR) is 105 cm³/mol. The van der Waals surface area contributed by atoms with Crippen LogP contribution in [0.5, 0.6) is 0 Å². The summed E-state index contributed by atoms with van der Waals surface area (Å²) in [5.41, 5.74) is 7.06. The molecule has 0 bridgehead atoms. The Hall–Kier alpha value is -3.20. The third-order valence-electron chi connectivity index (χ3n) is 4.24. The largest absolute Gasteiger partial charge is 0.480 e. The number of ether oxygens (including phenoxy) is 1. The lowest BCUT2D eigenvalue weighted by Gasteiger charge is -2.29. The van der Waals surface area contributed by atoms with Crippen molar-refractivity contribution in [3.8, 4) is 0 Å². The van der Waals surface area contributed by atoms with Gasteiger partial charge < -0.3 is 20.6 Å². The number of carboxylic acids is 1. The lowest BCUT2D eigenvalue weighted by atomic mass is 10.0. The Morgan fingerprint density at radius 1 is 1.24 bits per heavy atom. The Kier molecular flexibility index (Phi) is 7.90. The smallest absolute Gasteiger partial charge is 0.417 e. The number of hydrogen-bond acceptors (Lipinski definition) is 6. The zero-order valence-corrected chi connectivity index (χ0v) is 16.4. The first-order valence-electron chi connectivity index (χ1n) is 9.29. The van der Waals surface area contributed by atoms with Gasteiger partial charge >= 0.3 is 12.1 Å². The van der Waals surface area contributed by atoms with Crippen LogP contribution < -0.4 is 5.73 Å². The molecule has 1 heterocycles. The highest BCUT2D eigenvalue weighted by molar-refractivity contribution is 5.98. The van der Waals surface area contributed by atoms with E-state index in [9.17, 15) is 19.5 Å². The first kappa shape index (κ1) is 22.1. The number of nitrogens with two attached hydrogens (primary N) is 1. The molecule has 0 radical (unpaired) electrons. The Labute approximate surface area is 168 Å². The van der Waals surface area contributed by atoms with E-state index in [0.717, 1.165) is 0 Å². The number of imide groups is 1. The second kappa shape index (κ2) is 10.4. The molecule has 0 saturated heterocycles. The summed E-state index contributed by atoms with van der Waals surface area (Å²) < 4.78 is 5.24. The molecule has 0 saturated carbocycles. The highest BCUT2D eigenvalue weighted by atomic mass is 16.6. The number of imidazole rings is 1. The predicted octanol–water partition coefficient (Wildman–Crippen LogP) is 1.94. The van der Waals surface area contributed by atoms with Crippen LogP contribution in [0, 0.1) is 5.92 Å². The van der Waals surface area contributed by atoms with Gasteiger partial charge in [0.25, 0.3) is 0 Å². The number of carbonyl (C=O) groups excluding carboxylic acids is 2. The standard InChI is InChI=1S/C20H26N4O5/c1-13(2)8-16(21)18(25)24(17(19(26)27)9-15-10-22-12-23-15)20(28)29-11-14-6-4-3-5-7-14/h3-7,10,12-13,16-17H,8-9,11,21H2,1-2H3,(H,22,23)(H,26,27). The first-order chi connectivity index (χ1) is 13.8. The monoisotopic (exact) mass is 402 g/mol. The molecule has 0 fully saturated rings. The van der Waals surface area contributed by atoms with Crippen LogP contribution in [-0.2, 0) is 27.4 Å². The maximum absolute atomic E-state index is 12.9. The van der Waals surface area contributed by atoms with E-state index in [-0.39, 0.29) is 18.9 Å². The zero-order valence-electron chi connectivity index (χ0n) is 16.4. The topological polar surface area (TPSA) is 139 Å². The fourth-order valence-corrected chi connectivity index (χ4v) is 2.84. The molecule has 29 heavy (non-hydrogen) atoms. The van der Waals surface area contributed by atoms with Gasteiger partial charge in [0.15, 0.2) is 0 Å². The molecule has 2 aromatic rings. The summed E-state index contributed by atoms with van der Waals surface area (Å²) >= 11 is 0. The van der Waals surface area contributed by atoms with Crippen molar-refractivity contribution >= 4 is 18.0 Å². The molecule has 1 aromatic carbocycles. The molecule has 0 aliphatic rings. The molecule has 2 amide bonds. The summed E-state index contributed by atoms with van der Waals surface area (Å²) in [4.78, 5) is 44.9. The second-order valence-corrected chi connectivity index (χ2v) is 7.10. The molecule has 0 aliphatic heterocycles. The van der Waals surface area contributed by atoms with Crippen molar-refractivity contribution < 1.29 is 24.2 Å². The number of H-pyrrole nitrogens is 1. The molecule has 9 nitrogen and oxygen atoms in total. The number of aromatic amines is 1. The van der Waals surface area contributed by atoms with Gasteiger partial charge in [-0.05, 0) is 17.9 Å². The van der Waals surface area contributed by atoms with Crippen molar-refractivity contribution in [1.82, 2.24) is 14.9 Å². The quantitative estimate of drug-likeness (QED) is 0.582. The third kappa shape index (κ3) is 6.42. The lowest BCUT2D eigenvalue weighted by Crippen LogP contribution is -2.55. The summed E-state index contributed by atoms with van der Waals surface area (Å²) in [5, 5.41) is 9.71. The number of amides is 2. The number of aliphatic carboxylic acids is 1. The minimum atomic E-state index is -1.49. The number of hydrogen-bond donors (Lipinski definition) is 3. The molecule has 156 valence electrons. The first-order valence-corrected chi connectivity index (χ1v) is 9.29. The van der Waals surface area contributed by atoms with Gasteiger partial charge in [0.2, 0.25) is 5.91 Å². The Morgan fingerprint density at radius 2 is 1.93 bits per heavy atom. The fourth-order valence-electron chi connectivity index (χ4n) is 2.84. The van der Waals surface area contributed by atoms with Crippen molar-refractivity contribution in [2.24, 2.45) is 11.7 Å². The van der Waals surface area contributed by atoms with Crippen LogP contribution in [0.2, 0.25) is 0 Å². The van der Waals surface area contributed by atoms with Crippen LogP contribution in [0.3, 0.4) is 0 Å². The van der Waals surface area contributed by atoms with Crippen molar-refractivity contribution in [2.45, 2.75) is 45.4 Å². The lowest BCUT2D eigenvalue weighted by molar-refractivity contribution is -0.149. The Balaban J connectivity index is 2.25. The minimum Gasteiger partial charge on any atom is -0.480 e. The highest BCUT2D eigenvalue weighted by Gasteiger charge is 2.39. The maximum atomic E-state index is 12.9. The van der Waals surface area contributed by atoms with E-state index >= 15 is 0 Å². The number of rotatable bonds is 9. The maximum Gasteiger partial charge on any atom is 0.417 e. The number of nitrogens with one attached hydrogen (secondary N) is 1.